The maximum atomic E-state index is 12.6. The zero-order valence-electron chi connectivity index (χ0n) is 13.6. The highest BCUT2D eigenvalue weighted by Gasteiger charge is 2.24. The fourth-order valence-corrected chi connectivity index (χ4v) is 2.78. The molecule has 0 aliphatic carbocycles. The van der Waals surface area contributed by atoms with Crippen molar-refractivity contribution in [2.24, 2.45) is 0 Å². The van der Waals surface area contributed by atoms with Gasteiger partial charge in [-0.2, -0.15) is 0 Å². The third-order valence-electron chi connectivity index (χ3n) is 3.82. The van der Waals surface area contributed by atoms with E-state index in [0.717, 1.165) is 13.1 Å². The zero-order valence-corrected chi connectivity index (χ0v) is 16.0. The predicted octanol–water partition coefficient (Wildman–Crippen LogP) is 3.80. The molecule has 0 bridgehead atoms. The minimum atomic E-state index is -0.00337. The van der Waals surface area contributed by atoms with Crippen LogP contribution in [0.2, 0.25) is 5.02 Å². The van der Waals surface area contributed by atoms with Crippen LogP contribution in [0.25, 0.3) is 0 Å². The van der Waals surface area contributed by atoms with E-state index in [2.05, 4.69) is 10.3 Å². The molecule has 1 atom stereocenters. The van der Waals surface area contributed by atoms with Gasteiger partial charge in [-0.1, -0.05) is 11.6 Å². The summed E-state index contributed by atoms with van der Waals surface area (Å²) >= 11 is 6.27. The molecule has 2 aromatic rings. The first-order chi connectivity index (χ1) is 11.1. The Morgan fingerprint density at radius 2 is 2.00 bits per heavy atom. The van der Waals surface area contributed by atoms with Crippen LogP contribution < -0.4 is 10.1 Å². The van der Waals surface area contributed by atoms with E-state index in [0.29, 0.717) is 28.6 Å². The highest BCUT2D eigenvalue weighted by molar-refractivity contribution is 6.32. The lowest BCUT2D eigenvalue weighted by Crippen LogP contribution is -2.52. The Hall–Kier alpha value is -1.53. The first-order valence-electron chi connectivity index (χ1n) is 7.54. The monoisotopic (exact) mass is 403 g/mol. The first kappa shape index (κ1) is 21.5. The van der Waals surface area contributed by atoms with E-state index in [-0.39, 0.29) is 36.8 Å². The lowest BCUT2D eigenvalue weighted by atomic mass is 10.1. The van der Waals surface area contributed by atoms with Gasteiger partial charge in [0.25, 0.3) is 5.91 Å². The minimum Gasteiger partial charge on any atom is -0.456 e. The maximum absolute atomic E-state index is 12.6. The molecular weight excluding hydrogens is 385 g/mol. The van der Waals surface area contributed by atoms with Crippen molar-refractivity contribution in [1.82, 2.24) is 15.2 Å². The summed E-state index contributed by atoms with van der Waals surface area (Å²) in [5.41, 5.74) is 0.575. The van der Waals surface area contributed by atoms with Gasteiger partial charge in [-0.15, -0.1) is 24.8 Å². The van der Waals surface area contributed by atoms with Crippen molar-refractivity contribution in [2.75, 3.05) is 19.6 Å². The number of carbonyl (C=O) groups excluding carboxylic acids is 1. The van der Waals surface area contributed by atoms with E-state index in [1.807, 2.05) is 11.8 Å². The van der Waals surface area contributed by atoms with Crippen LogP contribution in [-0.2, 0) is 0 Å². The number of hydrogen-bond acceptors (Lipinski definition) is 4. The molecule has 1 aliphatic rings. The number of ether oxygens (including phenoxy) is 1. The second kappa shape index (κ2) is 9.82. The van der Waals surface area contributed by atoms with Gasteiger partial charge in [-0.05, 0) is 37.3 Å². The van der Waals surface area contributed by atoms with Crippen molar-refractivity contribution >= 4 is 42.3 Å². The number of amides is 1. The number of rotatable bonds is 3. The van der Waals surface area contributed by atoms with Gasteiger partial charge in [0.15, 0.2) is 0 Å². The summed E-state index contributed by atoms with van der Waals surface area (Å²) in [6, 6.07) is 8.80. The summed E-state index contributed by atoms with van der Waals surface area (Å²) in [5.74, 6) is 1.16. The number of carbonyl (C=O) groups is 1. The number of hydrogen-bond donors (Lipinski definition) is 1. The van der Waals surface area contributed by atoms with E-state index >= 15 is 0 Å². The molecule has 5 nitrogen and oxygen atoms in total. The molecule has 0 saturated carbocycles. The summed E-state index contributed by atoms with van der Waals surface area (Å²) in [4.78, 5) is 18.4. The van der Waals surface area contributed by atoms with Crippen molar-refractivity contribution in [2.45, 2.75) is 13.0 Å². The predicted molar refractivity (Wildman–Crippen MR) is 104 cm³/mol. The number of nitrogens with one attached hydrogen (secondary N) is 1. The molecule has 1 N–H and O–H groups in total. The van der Waals surface area contributed by atoms with Gasteiger partial charge in [-0.3, -0.25) is 9.78 Å². The average molecular weight is 405 g/mol. The normalized spacial score (nSPS) is 16.4. The molecule has 1 aromatic heterocycles. The smallest absolute Gasteiger partial charge is 0.254 e. The number of nitrogens with zero attached hydrogens (tertiary/aromatic N) is 2. The van der Waals surface area contributed by atoms with Gasteiger partial charge in [0.05, 0.1) is 5.02 Å². The van der Waals surface area contributed by atoms with Crippen LogP contribution in [0.3, 0.4) is 0 Å². The molecule has 2 heterocycles. The maximum Gasteiger partial charge on any atom is 0.254 e. The van der Waals surface area contributed by atoms with Crippen LogP contribution in [0.1, 0.15) is 17.3 Å². The van der Waals surface area contributed by atoms with Crippen molar-refractivity contribution in [3.63, 3.8) is 0 Å². The Labute approximate surface area is 164 Å². The third kappa shape index (κ3) is 5.22. The van der Waals surface area contributed by atoms with E-state index in [9.17, 15) is 4.79 Å². The number of aromatic nitrogens is 1. The van der Waals surface area contributed by atoms with Gasteiger partial charge in [0.2, 0.25) is 0 Å². The molecule has 3 rings (SSSR count). The Morgan fingerprint density at radius 1 is 1.28 bits per heavy atom. The van der Waals surface area contributed by atoms with Crippen LogP contribution in [0.5, 0.6) is 11.5 Å². The van der Waals surface area contributed by atoms with E-state index in [1.165, 1.54) is 0 Å². The molecule has 0 unspecified atom stereocenters. The molecule has 0 spiro atoms. The minimum absolute atomic E-state index is 0. The fourth-order valence-electron chi connectivity index (χ4n) is 2.56. The van der Waals surface area contributed by atoms with E-state index in [1.54, 1.807) is 42.7 Å². The SMILES string of the molecule is C[C@@H]1CNCCN1C(=O)c1ccc(Oc2ccncc2)c(Cl)c1.Cl.Cl. The highest BCUT2D eigenvalue weighted by atomic mass is 35.5. The topological polar surface area (TPSA) is 54.5 Å². The summed E-state index contributed by atoms with van der Waals surface area (Å²) in [6.07, 6.45) is 3.29. The molecule has 1 saturated heterocycles. The molecule has 0 radical (unpaired) electrons. The summed E-state index contributed by atoms with van der Waals surface area (Å²) in [7, 11) is 0. The molecule has 136 valence electrons. The summed E-state index contributed by atoms with van der Waals surface area (Å²) in [6.45, 7) is 4.36. The lowest BCUT2D eigenvalue weighted by molar-refractivity contribution is 0.0656. The van der Waals surface area contributed by atoms with Gasteiger partial charge >= 0.3 is 0 Å². The van der Waals surface area contributed by atoms with Crippen molar-refractivity contribution in [3.8, 4) is 11.5 Å². The summed E-state index contributed by atoms with van der Waals surface area (Å²) < 4.78 is 5.70. The van der Waals surface area contributed by atoms with Crippen LogP contribution in [-0.4, -0.2) is 41.5 Å². The lowest BCUT2D eigenvalue weighted by Gasteiger charge is -2.34. The van der Waals surface area contributed by atoms with Crippen molar-refractivity contribution < 1.29 is 9.53 Å². The number of halogens is 3. The van der Waals surface area contributed by atoms with Crippen molar-refractivity contribution in [1.29, 1.82) is 0 Å². The fraction of sp³-hybridized carbons (Fsp3) is 0.294. The molecule has 1 amide bonds. The van der Waals surface area contributed by atoms with Gasteiger partial charge in [-0.25, -0.2) is 0 Å². The average Bonchev–Trinajstić information content (AvgIpc) is 2.57. The van der Waals surface area contributed by atoms with Gasteiger partial charge in [0.1, 0.15) is 11.5 Å². The Kier molecular flexibility index (Phi) is 8.45. The van der Waals surface area contributed by atoms with E-state index < -0.39 is 0 Å². The second-order valence-electron chi connectivity index (χ2n) is 5.48. The molecule has 1 fully saturated rings. The molecular formula is C17H20Cl3N3O2. The Balaban J connectivity index is 0.00000156. The molecule has 8 heteroatoms. The van der Waals surface area contributed by atoms with Gasteiger partial charge < -0.3 is 15.0 Å². The second-order valence-corrected chi connectivity index (χ2v) is 5.89. The largest absolute Gasteiger partial charge is 0.456 e. The number of benzene rings is 1. The third-order valence-corrected chi connectivity index (χ3v) is 4.11. The number of piperazine rings is 1. The standard InChI is InChI=1S/C17H18ClN3O2.2ClH/c1-12-11-20-8-9-21(12)17(22)13-2-3-16(15(18)10-13)23-14-4-6-19-7-5-14;;/h2-7,10,12,20H,8-9,11H2,1H3;2*1H/t12-;;/m1../s1. The number of pyridine rings is 1. The molecule has 1 aromatic carbocycles. The van der Waals surface area contributed by atoms with E-state index in [4.69, 9.17) is 16.3 Å². The van der Waals surface area contributed by atoms with Crippen molar-refractivity contribution in [3.05, 3.63) is 53.3 Å². The quantitative estimate of drug-likeness (QED) is 0.845. The zero-order chi connectivity index (χ0) is 16.2. The molecule has 25 heavy (non-hydrogen) atoms. The van der Waals surface area contributed by atoms with Crippen LogP contribution in [0.4, 0.5) is 0 Å². The summed E-state index contributed by atoms with van der Waals surface area (Å²) in [5, 5.41) is 3.69. The Bertz CT molecular complexity index is 701. The Morgan fingerprint density at radius 3 is 2.64 bits per heavy atom. The molecule has 1 aliphatic heterocycles. The van der Waals surface area contributed by atoms with Crippen LogP contribution in [0.15, 0.2) is 42.7 Å². The highest BCUT2D eigenvalue weighted by Crippen LogP contribution is 2.30. The van der Waals surface area contributed by atoms with Gasteiger partial charge in [0, 0.05) is 43.6 Å². The van der Waals surface area contributed by atoms with Crippen LogP contribution in [0, 0.1) is 0 Å². The first-order valence-corrected chi connectivity index (χ1v) is 7.92. The van der Waals surface area contributed by atoms with Crippen LogP contribution >= 0.6 is 36.4 Å².